The summed E-state index contributed by atoms with van der Waals surface area (Å²) in [7, 11) is 0. The van der Waals surface area contributed by atoms with Gasteiger partial charge in [0.2, 0.25) is 5.56 Å². The van der Waals surface area contributed by atoms with E-state index in [9.17, 15) is 9.59 Å². The van der Waals surface area contributed by atoms with Gasteiger partial charge in [-0.2, -0.15) is 0 Å². The number of hydrogen-bond acceptors (Lipinski definition) is 3. The largest absolute Gasteiger partial charge is 0.421 e. The van der Waals surface area contributed by atoms with Crippen LogP contribution in [0.4, 0.5) is 0 Å². The van der Waals surface area contributed by atoms with Crippen LogP contribution in [0.25, 0.3) is 10.9 Å². The molecule has 3 aromatic rings. The summed E-state index contributed by atoms with van der Waals surface area (Å²) >= 11 is 9.47. The molecule has 0 unspecified atom stereocenters. The lowest BCUT2D eigenvalue weighted by molar-refractivity contribution is 0.0735. The van der Waals surface area contributed by atoms with Gasteiger partial charge in [-0.15, -0.1) is 0 Å². The number of aryl methyl sites for hydroxylation is 1. The van der Waals surface area contributed by atoms with E-state index in [2.05, 4.69) is 20.9 Å². The molecule has 2 aromatic carbocycles. The van der Waals surface area contributed by atoms with Crippen LogP contribution < -0.4 is 10.3 Å². The summed E-state index contributed by atoms with van der Waals surface area (Å²) in [5.74, 6) is -0.344. The Balaban J connectivity index is 2.07. The smallest absolute Gasteiger partial charge is 0.344 e. The van der Waals surface area contributed by atoms with Crippen molar-refractivity contribution in [3.63, 3.8) is 0 Å². The number of carbonyl (C=O) groups is 1. The standard InChI is InChI=1S/C17H11BrClNO3/c1-9-6-10(18)7-13(19)16(9)23-17(22)12-8-15(21)20-14-5-3-2-4-11(12)14/h2-8H,1H3,(H,20,21). The number of fused-ring (bicyclic) bond motifs is 1. The molecule has 1 aromatic heterocycles. The number of pyridine rings is 1. The zero-order chi connectivity index (χ0) is 16.6. The van der Waals surface area contributed by atoms with Crippen molar-refractivity contribution < 1.29 is 9.53 Å². The predicted molar refractivity (Wildman–Crippen MR) is 93.4 cm³/mol. The fourth-order valence-electron chi connectivity index (χ4n) is 2.34. The second kappa shape index (κ2) is 6.18. The number of benzene rings is 2. The highest BCUT2D eigenvalue weighted by Crippen LogP contribution is 2.32. The van der Waals surface area contributed by atoms with Crippen LogP contribution in [-0.4, -0.2) is 11.0 Å². The highest BCUT2D eigenvalue weighted by molar-refractivity contribution is 9.10. The van der Waals surface area contributed by atoms with Crippen molar-refractivity contribution in [2.45, 2.75) is 6.92 Å². The monoisotopic (exact) mass is 391 g/mol. The highest BCUT2D eigenvalue weighted by Gasteiger charge is 2.17. The number of halogens is 2. The van der Waals surface area contributed by atoms with Gasteiger partial charge in [-0.3, -0.25) is 4.79 Å². The van der Waals surface area contributed by atoms with Crippen molar-refractivity contribution in [1.29, 1.82) is 0 Å². The molecule has 3 rings (SSSR count). The lowest BCUT2D eigenvalue weighted by Crippen LogP contribution is -2.15. The molecular weight excluding hydrogens is 382 g/mol. The molecule has 0 bridgehead atoms. The molecule has 23 heavy (non-hydrogen) atoms. The zero-order valence-electron chi connectivity index (χ0n) is 12.0. The summed E-state index contributed by atoms with van der Waals surface area (Å²) < 4.78 is 6.23. The Bertz CT molecular complexity index is 958. The Hall–Kier alpha value is -2.11. The SMILES string of the molecule is Cc1cc(Br)cc(Cl)c1OC(=O)c1cc(=O)[nH]c2ccccc12. The van der Waals surface area contributed by atoms with Crippen LogP contribution in [0, 0.1) is 6.92 Å². The van der Waals surface area contributed by atoms with Gasteiger partial charge >= 0.3 is 5.97 Å². The van der Waals surface area contributed by atoms with Crippen molar-refractivity contribution in [2.75, 3.05) is 0 Å². The maximum Gasteiger partial charge on any atom is 0.344 e. The van der Waals surface area contributed by atoms with Crippen LogP contribution in [0.3, 0.4) is 0 Å². The molecule has 0 amide bonds. The number of carbonyl (C=O) groups excluding carboxylic acids is 1. The summed E-state index contributed by atoms with van der Waals surface area (Å²) in [6, 6.07) is 11.7. The quantitative estimate of drug-likeness (QED) is 0.517. The third-order valence-corrected chi connectivity index (χ3v) is 4.10. The fraction of sp³-hybridized carbons (Fsp3) is 0.0588. The lowest BCUT2D eigenvalue weighted by Gasteiger charge is -2.11. The summed E-state index contributed by atoms with van der Waals surface area (Å²) in [4.78, 5) is 27.0. The maximum atomic E-state index is 12.5. The average molecular weight is 393 g/mol. The highest BCUT2D eigenvalue weighted by atomic mass is 79.9. The minimum atomic E-state index is -0.625. The van der Waals surface area contributed by atoms with Crippen LogP contribution in [0.2, 0.25) is 5.02 Å². The van der Waals surface area contributed by atoms with E-state index in [-0.39, 0.29) is 16.9 Å². The maximum absolute atomic E-state index is 12.5. The van der Waals surface area contributed by atoms with E-state index >= 15 is 0 Å². The van der Waals surface area contributed by atoms with Crippen molar-refractivity contribution in [3.8, 4) is 5.75 Å². The number of ether oxygens (including phenoxy) is 1. The predicted octanol–water partition coefficient (Wildman–Crippen LogP) is 4.47. The average Bonchev–Trinajstić information content (AvgIpc) is 2.49. The molecule has 0 aliphatic heterocycles. The van der Waals surface area contributed by atoms with Gasteiger partial charge in [0, 0.05) is 21.4 Å². The Morgan fingerprint density at radius 3 is 2.70 bits per heavy atom. The van der Waals surface area contributed by atoms with Crippen LogP contribution in [0.1, 0.15) is 15.9 Å². The van der Waals surface area contributed by atoms with Crippen molar-refractivity contribution >= 4 is 44.4 Å². The molecular formula is C17H11BrClNO3. The molecule has 116 valence electrons. The van der Waals surface area contributed by atoms with Crippen LogP contribution in [-0.2, 0) is 0 Å². The van der Waals surface area contributed by atoms with Gasteiger partial charge in [0.15, 0.2) is 5.75 Å². The second-order valence-corrected chi connectivity index (χ2v) is 6.34. The molecule has 4 nitrogen and oxygen atoms in total. The second-order valence-electron chi connectivity index (χ2n) is 5.02. The van der Waals surface area contributed by atoms with E-state index in [1.807, 2.05) is 0 Å². The molecule has 0 radical (unpaired) electrons. The number of para-hydroxylation sites is 1. The summed E-state index contributed by atoms with van der Waals surface area (Å²) in [5, 5.41) is 0.933. The van der Waals surface area contributed by atoms with Crippen LogP contribution in [0.15, 0.2) is 51.7 Å². The minimum absolute atomic E-state index is 0.197. The third kappa shape index (κ3) is 3.16. The summed E-state index contributed by atoms with van der Waals surface area (Å²) in [6.07, 6.45) is 0. The van der Waals surface area contributed by atoms with Crippen LogP contribution >= 0.6 is 27.5 Å². The normalized spacial score (nSPS) is 10.7. The summed E-state index contributed by atoms with van der Waals surface area (Å²) in [5.41, 5.74) is 1.12. The molecule has 1 N–H and O–H groups in total. The number of esters is 1. The van der Waals surface area contributed by atoms with Gasteiger partial charge < -0.3 is 9.72 Å². The van der Waals surface area contributed by atoms with E-state index in [1.165, 1.54) is 6.07 Å². The number of aromatic nitrogens is 1. The number of aromatic amines is 1. The van der Waals surface area contributed by atoms with Gasteiger partial charge in [0.05, 0.1) is 10.6 Å². The molecule has 0 saturated carbocycles. The number of hydrogen-bond donors (Lipinski definition) is 1. The number of nitrogens with one attached hydrogen (secondary N) is 1. The topological polar surface area (TPSA) is 59.2 Å². The fourth-order valence-corrected chi connectivity index (χ4v) is 3.35. The Labute approximate surface area is 145 Å². The minimum Gasteiger partial charge on any atom is -0.421 e. The van der Waals surface area contributed by atoms with Crippen molar-refractivity contribution in [3.05, 3.63) is 73.4 Å². The zero-order valence-corrected chi connectivity index (χ0v) is 14.4. The molecule has 0 aliphatic carbocycles. The first-order valence-corrected chi connectivity index (χ1v) is 7.92. The lowest BCUT2D eigenvalue weighted by atomic mass is 10.1. The van der Waals surface area contributed by atoms with Gasteiger partial charge in [-0.25, -0.2) is 4.79 Å². The van der Waals surface area contributed by atoms with E-state index in [1.54, 1.807) is 43.3 Å². The molecule has 0 atom stereocenters. The Kier molecular flexibility index (Phi) is 4.24. The molecule has 1 heterocycles. The van der Waals surface area contributed by atoms with E-state index in [4.69, 9.17) is 16.3 Å². The number of rotatable bonds is 2. The first kappa shape index (κ1) is 15.8. The first-order chi connectivity index (χ1) is 11.0. The summed E-state index contributed by atoms with van der Waals surface area (Å²) in [6.45, 7) is 1.79. The Morgan fingerprint density at radius 2 is 1.96 bits per heavy atom. The molecule has 0 aliphatic rings. The van der Waals surface area contributed by atoms with Gasteiger partial charge in [-0.1, -0.05) is 45.7 Å². The Morgan fingerprint density at radius 1 is 1.22 bits per heavy atom. The van der Waals surface area contributed by atoms with Crippen molar-refractivity contribution in [2.24, 2.45) is 0 Å². The van der Waals surface area contributed by atoms with Gasteiger partial charge in [-0.05, 0) is 30.7 Å². The molecule has 0 fully saturated rings. The third-order valence-electron chi connectivity index (χ3n) is 3.36. The number of H-pyrrole nitrogens is 1. The van der Waals surface area contributed by atoms with E-state index in [0.29, 0.717) is 21.5 Å². The molecule has 0 spiro atoms. The molecule has 6 heteroatoms. The van der Waals surface area contributed by atoms with Crippen molar-refractivity contribution in [1.82, 2.24) is 4.98 Å². The van der Waals surface area contributed by atoms with Crippen LogP contribution in [0.5, 0.6) is 5.75 Å². The van der Waals surface area contributed by atoms with Gasteiger partial charge in [0.25, 0.3) is 0 Å². The first-order valence-electron chi connectivity index (χ1n) is 6.75. The van der Waals surface area contributed by atoms with Gasteiger partial charge in [0.1, 0.15) is 0 Å². The van der Waals surface area contributed by atoms with E-state index in [0.717, 1.165) is 4.47 Å². The molecule has 0 saturated heterocycles. The van der Waals surface area contributed by atoms with E-state index < -0.39 is 5.97 Å².